The summed E-state index contributed by atoms with van der Waals surface area (Å²) in [6.07, 6.45) is 6.98. The van der Waals surface area contributed by atoms with E-state index in [0.29, 0.717) is 0 Å². The highest BCUT2D eigenvalue weighted by atomic mass is 35.5. The molecule has 2 heteroatoms. The highest BCUT2D eigenvalue weighted by molar-refractivity contribution is 6.31. The van der Waals surface area contributed by atoms with Crippen molar-refractivity contribution in [3.05, 3.63) is 34.9 Å². The molecule has 0 heterocycles. The normalized spacial score (nSPS) is 19.6. The lowest BCUT2D eigenvalue weighted by atomic mass is 9.71. The smallest absolute Gasteiger partial charge is 0.0490 e. The van der Waals surface area contributed by atoms with Gasteiger partial charge in [0.2, 0.25) is 0 Å². The molecular weight excluding hydrogens is 220 g/mol. The molecule has 0 bridgehead atoms. The Balaban J connectivity index is 2.15. The Hall–Kier alpha value is -0.530. The van der Waals surface area contributed by atoms with Crippen molar-refractivity contribution in [2.24, 2.45) is 5.41 Å². The number of halogens is 1. The zero-order valence-corrected chi connectivity index (χ0v) is 10.3. The second kappa shape index (κ2) is 5.20. The predicted molar refractivity (Wildman–Crippen MR) is 67.8 cm³/mol. The van der Waals surface area contributed by atoms with Crippen molar-refractivity contribution >= 4 is 11.6 Å². The Morgan fingerprint density at radius 1 is 1.12 bits per heavy atom. The van der Waals surface area contributed by atoms with Crippen molar-refractivity contribution in [1.29, 1.82) is 0 Å². The number of aliphatic hydroxyl groups is 1. The number of rotatable bonds is 3. The van der Waals surface area contributed by atoms with Crippen LogP contribution in [0.1, 0.15) is 37.7 Å². The first-order chi connectivity index (χ1) is 7.76. The van der Waals surface area contributed by atoms with Crippen molar-refractivity contribution in [3.63, 3.8) is 0 Å². The summed E-state index contributed by atoms with van der Waals surface area (Å²) >= 11 is 6.18. The molecule has 0 aromatic heterocycles. The first-order valence-corrected chi connectivity index (χ1v) is 6.48. The van der Waals surface area contributed by atoms with Gasteiger partial charge in [-0.1, -0.05) is 49.1 Å². The maximum atomic E-state index is 9.65. The van der Waals surface area contributed by atoms with Crippen molar-refractivity contribution in [1.82, 2.24) is 0 Å². The van der Waals surface area contributed by atoms with Crippen LogP contribution in [0.25, 0.3) is 0 Å². The molecule has 1 nitrogen and oxygen atoms in total. The molecule has 2 rings (SSSR count). The SMILES string of the molecule is OCC1(Cc2ccccc2Cl)CCCCC1. The molecule has 1 N–H and O–H groups in total. The van der Waals surface area contributed by atoms with E-state index in [4.69, 9.17) is 11.6 Å². The van der Waals surface area contributed by atoms with Crippen LogP contribution in [0.15, 0.2) is 24.3 Å². The van der Waals surface area contributed by atoms with Gasteiger partial charge in [0.1, 0.15) is 0 Å². The van der Waals surface area contributed by atoms with Crippen LogP contribution < -0.4 is 0 Å². The molecule has 0 spiro atoms. The molecule has 0 atom stereocenters. The molecule has 16 heavy (non-hydrogen) atoms. The molecule has 88 valence electrons. The van der Waals surface area contributed by atoms with Crippen molar-refractivity contribution in [2.45, 2.75) is 38.5 Å². The van der Waals surface area contributed by atoms with E-state index in [1.54, 1.807) is 0 Å². The average Bonchev–Trinajstić information content (AvgIpc) is 2.33. The van der Waals surface area contributed by atoms with Crippen molar-refractivity contribution in [3.8, 4) is 0 Å². The van der Waals surface area contributed by atoms with Crippen molar-refractivity contribution in [2.75, 3.05) is 6.61 Å². The van der Waals surface area contributed by atoms with Gasteiger partial charge in [-0.2, -0.15) is 0 Å². The highest BCUT2D eigenvalue weighted by Gasteiger charge is 2.31. The maximum absolute atomic E-state index is 9.65. The molecule has 0 aliphatic heterocycles. The second-order valence-electron chi connectivity index (χ2n) is 4.99. The lowest BCUT2D eigenvalue weighted by Crippen LogP contribution is -2.30. The quantitative estimate of drug-likeness (QED) is 0.849. The topological polar surface area (TPSA) is 20.2 Å². The molecule has 1 fully saturated rings. The minimum absolute atomic E-state index is 0.0866. The van der Waals surface area contributed by atoms with Crippen LogP contribution in [0.3, 0.4) is 0 Å². The molecule has 0 unspecified atom stereocenters. The molecule has 1 aliphatic carbocycles. The zero-order chi connectivity index (χ0) is 11.4. The Bertz CT molecular complexity index is 342. The van der Waals surface area contributed by atoms with Gasteiger partial charge < -0.3 is 5.11 Å². The molecule has 1 saturated carbocycles. The minimum atomic E-state index is 0.0866. The van der Waals surface area contributed by atoms with E-state index < -0.39 is 0 Å². The van der Waals surface area contributed by atoms with E-state index in [-0.39, 0.29) is 12.0 Å². The Labute approximate surface area is 102 Å². The van der Waals surface area contributed by atoms with Gasteiger partial charge in [0.05, 0.1) is 0 Å². The molecule has 1 aromatic carbocycles. The van der Waals surface area contributed by atoms with Gasteiger partial charge in [0.25, 0.3) is 0 Å². The first-order valence-electron chi connectivity index (χ1n) is 6.10. The van der Waals surface area contributed by atoms with E-state index >= 15 is 0 Å². The summed E-state index contributed by atoms with van der Waals surface area (Å²) in [4.78, 5) is 0. The Morgan fingerprint density at radius 3 is 2.44 bits per heavy atom. The van der Waals surface area contributed by atoms with Crippen LogP contribution in [0, 0.1) is 5.41 Å². The van der Waals surface area contributed by atoms with E-state index in [2.05, 4.69) is 6.07 Å². The Morgan fingerprint density at radius 2 is 1.81 bits per heavy atom. The summed E-state index contributed by atoms with van der Waals surface area (Å²) in [5.74, 6) is 0. The third-order valence-corrected chi connectivity index (χ3v) is 4.14. The fraction of sp³-hybridized carbons (Fsp3) is 0.571. The summed E-state index contributed by atoms with van der Waals surface area (Å²) in [5.41, 5.74) is 1.27. The standard InChI is InChI=1S/C14H19ClO/c15-13-7-3-2-6-12(13)10-14(11-16)8-4-1-5-9-14/h2-3,6-7,16H,1,4-5,8-11H2. The number of hydrogen-bond acceptors (Lipinski definition) is 1. The number of aliphatic hydroxyl groups excluding tert-OH is 1. The lowest BCUT2D eigenvalue weighted by Gasteiger charge is -2.36. The third-order valence-electron chi connectivity index (χ3n) is 3.77. The van der Waals surface area contributed by atoms with Gasteiger partial charge in [-0.15, -0.1) is 0 Å². The fourth-order valence-corrected chi connectivity index (χ4v) is 2.94. The van der Waals surface area contributed by atoms with Gasteiger partial charge in [0.15, 0.2) is 0 Å². The van der Waals surface area contributed by atoms with Gasteiger partial charge in [-0.05, 0) is 36.3 Å². The van der Waals surface area contributed by atoms with E-state index in [1.165, 1.54) is 24.8 Å². The number of benzene rings is 1. The second-order valence-corrected chi connectivity index (χ2v) is 5.39. The van der Waals surface area contributed by atoms with Crippen LogP contribution in [0.2, 0.25) is 5.02 Å². The first kappa shape index (κ1) is 11.9. The zero-order valence-electron chi connectivity index (χ0n) is 9.58. The largest absolute Gasteiger partial charge is 0.396 e. The molecule has 0 amide bonds. The molecule has 0 saturated heterocycles. The summed E-state index contributed by atoms with van der Waals surface area (Å²) in [5, 5.41) is 10.5. The lowest BCUT2D eigenvalue weighted by molar-refractivity contribution is 0.0824. The average molecular weight is 239 g/mol. The van der Waals surface area contributed by atoms with Crippen molar-refractivity contribution < 1.29 is 5.11 Å². The van der Waals surface area contributed by atoms with E-state index in [1.807, 2.05) is 18.2 Å². The van der Waals surface area contributed by atoms with Gasteiger partial charge >= 0.3 is 0 Å². The van der Waals surface area contributed by atoms with Gasteiger partial charge in [-0.3, -0.25) is 0 Å². The Kier molecular flexibility index (Phi) is 3.88. The summed E-state index contributed by atoms with van der Waals surface area (Å²) in [7, 11) is 0. The van der Waals surface area contributed by atoms with Crippen LogP contribution in [0.5, 0.6) is 0 Å². The summed E-state index contributed by atoms with van der Waals surface area (Å²) < 4.78 is 0. The molecule has 1 aromatic rings. The van der Waals surface area contributed by atoms with Crippen LogP contribution in [0.4, 0.5) is 0 Å². The summed E-state index contributed by atoms with van der Waals surface area (Å²) in [6.45, 7) is 0.290. The van der Waals surface area contributed by atoms with Gasteiger partial charge in [-0.25, -0.2) is 0 Å². The van der Waals surface area contributed by atoms with E-state index in [0.717, 1.165) is 24.3 Å². The molecule has 1 aliphatic rings. The minimum Gasteiger partial charge on any atom is -0.396 e. The molecule has 0 radical (unpaired) electrons. The highest BCUT2D eigenvalue weighted by Crippen LogP contribution is 2.39. The van der Waals surface area contributed by atoms with Crippen LogP contribution >= 0.6 is 11.6 Å². The predicted octanol–water partition coefficient (Wildman–Crippen LogP) is 3.83. The molecular formula is C14H19ClO. The number of hydrogen-bond donors (Lipinski definition) is 1. The van der Waals surface area contributed by atoms with Crippen LogP contribution in [-0.4, -0.2) is 11.7 Å². The fourth-order valence-electron chi connectivity index (χ4n) is 2.74. The van der Waals surface area contributed by atoms with Crippen LogP contribution in [-0.2, 0) is 6.42 Å². The third kappa shape index (κ3) is 2.58. The summed E-state index contributed by atoms with van der Waals surface area (Å²) in [6, 6.07) is 7.99. The maximum Gasteiger partial charge on any atom is 0.0490 e. The van der Waals surface area contributed by atoms with Gasteiger partial charge in [0, 0.05) is 11.6 Å². The monoisotopic (exact) mass is 238 g/mol. The van der Waals surface area contributed by atoms with E-state index in [9.17, 15) is 5.11 Å².